The van der Waals surface area contributed by atoms with Gasteiger partial charge in [0.15, 0.2) is 5.69 Å². The van der Waals surface area contributed by atoms with E-state index in [2.05, 4.69) is 10.4 Å². The van der Waals surface area contributed by atoms with E-state index in [1.54, 1.807) is 31.2 Å². The number of nitrogens with zero attached hydrogens (tertiary/aromatic N) is 3. The van der Waals surface area contributed by atoms with Crippen LogP contribution in [0.15, 0.2) is 58.2 Å². The summed E-state index contributed by atoms with van der Waals surface area (Å²) in [5.41, 5.74) is 0.262. The zero-order valence-corrected chi connectivity index (χ0v) is 19.4. The number of benzene rings is 2. The highest BCUT2D eigenvalue weighted by molar-refractivity contribution is 7.89. The third-order valence-corrected chi connectivity index (χ3v) is 6.65. The van der Waals surface area contributed by atoms with Gasteiger partial charge in [-0.1, -0.05) is 11.6 Å². The molecule has 0 saturated carbocycles. The topological polar surface area (TPSA) is 111 Å². The summed E-state index contributed by atoms with van der Waals surface area (Å²) in [4.78, 5) is 25.4. The lowest BCUT2D eigenvalue weighted by molar-refractivity contribution is 0.101. The summed E-state index contributed by atoms with van der Waals surface area (Å²) in [6, 6.07) is 12.1. The molecule has 3 rings (SSSR count). The Kier molecular flexibility index (Phi) is 6.68. The first-order chi connectivity index (χ1) is 15.0. The maximum Gasteiger partial charge on any atom is 0.280 e. The Morgan fingerprint density at radius 1 is 1.12 bits per heavy atom. The summed E-state index contributed by atoms with van der Waals surface area (Å²) in [6.45, 7) is 1.68. The second-order valence-electron chi connectivity index (χ2n) is 6.99. The Labute approximate surface area is 190 Å². The second-order valence-corrected chi connectivity index (χ2v) is 9.58. The molecule has 32 heavy (non-hydrogen) atoms. The molecule has 0 fully saturated rings. The number of ether oxygens (including phenoxy) is 1. The maximum absolute atomic E-state index is 12.9. The number of carbonyl (C=O) groups is 1. The van der Waals surface area contributed by atoms with Crippen LogP contribution in [-0.4, -0.2) is 49.6 Å². The van der Waals surface area contributed by atoms with Crippen LogP contribution in [0, 0.1) is 6.92 Å². The summed E-state index contributed by atoms with van der Waals surface area (Å²) in [7, 11) is 0.419. The molecule has 1 amide bonds. The first kappa shape index (κ1) is 23.5. The van der Waals surface area contributed by atoms with Crippen LogP contribution in [0.25, 0.3) is 5.69 Å². The van der Waals surface area contributed by atoms with Crippen LogP contribution in [0.5, 0.6) is 5.75 Å². The van der Waals surface area contributed by atoms with Crippen molar-refractivity contribution in [2.45, 2.75) is 11.8 Å². The van der Waals surface area contributed by atoms with E-state index in [1.165, 1.54) is 50.2 Å². The van der Waals surface area contributed by atoms with Crippen LogP contribution in [0.3, 0.4) is 0 Å². The van der Waals surface area contributed by atoms with Crippen LogP contribution in [0.4, 0.5) is 5.69 Å². The number of carbonyl (C=O) groups excluding carboxylic acids is 1. The number of halogens is 1. The number of hydrogen-bond donors (Lipinski definition) is 1. The lowest BCUT2D eigenvalue weighted by Crippen LogP contribution is -2.27. The number of rotatable bonds is 6. The zero-order chi connectivity index (χ0) is 23.6. The van der Waals surface area contributed by atoms with E-state index in [0.29, 0.717) is 16.4 Å². The maximum atomic E-state index is 12.9. The van der Waals surface area contributed by atoms with E-state index in [-0.39, 0.29) is 22.0 Å². The third-order valence-electron chi connectivity index (χ3n) is 4.59. The largest absolute Gasteiger partial charge is 0.495 e. The molecule has 1 heterocycles. The monoisotopic (exact) mass is 476 g/mol. The molecule has 1 N–H and O–H groups in total. The standard InChI is InChI=1S/C21H21ClN4O5S/c1-13-11-18(27)20(24-26(13)15-7-5-14(22)6-8-15)21(28)23-17-12-16(9-10-19(17)31-4)32(29,30)25(2)3/h5-12H,1-4H3,(H,23,28). The molecule has 0 atom stereocenters. The molecule has 0 unspecified atom stereocenters. The van der Waals surface area contributed by atoms with Gasteiger partial charge >= 0.3 is 0 Å². The Bertz CT molecular complexity index is 1340. The van der Waals surface area contributed by atoms with Crippen LogP contribution in [0.1, 0.15) is 16.2 Å². The highest BCUT2D eigenvalue weighted by Crippen LogP contribution is 2.28. The summed E-state index contributed by atoms with van der Waals surface area (Å²) in [5.74, 6) is -0.586. The smallest absolute Gasteiger partial charge is 0.280 e. The van der Waals surface area contributed by atoms with Crippen molar-refractivity contribution in [2.24, 2.45) is 0 Å². The SMILES string of the molecule is COc1ccc(S(=O)(=O)N(C)C)cc1NC(=O)c1nn(-c2ccc(Cl)cc2)c(C)cc1=O. The van der Waals surface area contributed by atoms with Gasteiger partial charge in [0.05, 0.1) is 23.4 Å². The fourth-order valence-corrected chi connectivity index (χ4v) is 3.94. The molecule has 1 aromatic heterocycles. The van der Waals surface area contributed by atoms with Gasteiger partial charge in [-0.05, 0) is 49.4 Å². The van der Waals surface area contributed by atoms with Crippen LogP contribution >= 0.6 is 11.6 Å². The fourth-order valence-electron chi connectivity index (χ4n) is 2.89. The lowest BCUT2D eigenvalue weighted by Gasteiger charge is -2.15. The van der Waals surface area contributed by atoms with E-state index >= 15 is 0 Å². The van der Waals surface area contributed by atoms with Gasteiger partial charge in [0.2, 0.25) is 15.5 Å². The Hall–Kier alpha value is -3.21. The van der Waals surface area contributed by atoms with E-state index in [1.807, 2.05) is 0 Å². The van der Waals surface area contributed by atoms with Crippen molar-refractivity contribution < 1.29 is 17.9 Å². The van der Waals surface area contributed by atoms with Crippen molar-refractivity contribution in [3.8, 4) is 11.4 Å². The highest BCUT2D eigenvalue weighted by atomic mass is 35.5. The van der Waals surface area contributed by atoms with Crippen molar-refractivity contribution in [1.29, 1.82) is 0 Å². The molecule has 11 heteroatoms. The number of nitrogens with one attached hydrogen (secondary N) is 1. The fraction of sp³-hybridized carbons (Fsp3) is 0.190. The predicted octanol–water partition coefficient (Wildman–Crippen LogP) is 2.71. The molecule has 3 aromatic rings. The van der Waals surface area contributed by atoms with Crippen LogP contribution in [-0.2, 0) is 10.0 Å². The van der Waals surface area contributed by atoms with Gasteiger partial charge in [-0.3, -0.25) is 9.59 Å². The van der Waals surface area contributed by atoms with E-state index in [4.69, 9.17) is 16.3 Å². The first-order valence-corrected chi connectivity index (χ1v) is 11.1. The van der Waals surface area contributed by atoms with Gasteiger partial charge in [-0.15, -0.1) is 0 Å². The van der Waals surface area contributed by atoms with Gasteiger partial charge in [-0.25, -0.2) is 17.4 Å². The minimum atomic E-state index is -3.75. The van der Waals surface area contributed by atoms with Crippen molar-refractivity contribution in [3.05, 3.63) is 75.2 Å². The molecule has 9 nitrogen and oxygen atoms in total. The molecule has 168 valence electrons. The van der Waals surface area contributed by atoms with Crippen molar-refractivity contribution in [1.82, 2.24) is 14.1 Å². The average molecular weight is 477 g/mol. The lowest BCUT2D eigenvalue weighted by atomic mass is 10.2. The van der Waals surface area contributed by atoms with Crippen LogP contribution < -0.4 is 15.5 Å². The number of amides is 1. The molecule has 0 aliphatic rings. The zero-order valence-electron chi connectivity index (χ0n) is 17.8. The second kappa shape index (κ2) is 9.11. The molecular formula is C21H21ClN4O5S. The van der Waals surface area contributed by atoms with Crippen LogP contribution in [0.2, 0.25) is 5.02 Å². The highest BCUT2D eigenvalue weighted by Gasteiger charge is 2.22. The quantitative estimate of drug-likeness (QED) is 0.585. The number of methoxy groups -OCH3 is 1. The molecule has 0 aliphatic heterocycles. The molecule has 0 bridgehead atoms. The third kappa shape index (κ3) is 4.67. The number of aromatic nitrogens is 2. The van der Waals surface area contributed by atoms with E-state index in [9.17, 15) is 18.0 Å². The van der Waals surface area contributed by atoms with Gasteiger partial charge in [0.25, 0.3) is 5.91 Å². The number of hydrogen-bond acceptors (Lipinski definition) is 6. The molecule has 0 spiro atoms. The number of sulfonamides is 1. The normalized spacial score (nSPS) is 11.4. The Morgan fingerprint density at radius 2 is 1.78 bits per heavy atom. The van der Waals surface area contributed by atoms with Gasteiger partial charge in [0, 0.05) is 30.9 Å². The number of anilines is 1. The molecule has 0 saturated heterocycles. The molecule has 2 aromatic carbocycles. The van der Waals surface area contributed by atoms with E-state index < -0.39 is 21.4 Å². The molecular weight excluding hydrogens is 456 g/mol. The minimum absolute atomic E-state index is 0.0472. The Morgan fingerprint density at radius 3 is 2.38 bits per heavy atom. The van der Waals surface area contributed by atoms with Crippen molar-refractivity contribution >= 4 is 33.2 Å². The summed E-state index contributed by atoms with van der Waals surface area (Å²) in [5, 5.41) is 7.27. The van der Waals surface area contributed by atoms with E-state index in [0.717, 1.165) is 4.31 Å². The minimum Gasteiger partial charge on any atom is -0.495 e. The summed E-state index contributed by atoms with van der Waals surface area (Å²) >= 11 is 5.93. The van der Waals surface area contributed by atoms with Gasteiger partial charge in [-0.2, -0.15) is 5.10 Å². The molecule has 0 aliphatic carbocycles. The molecule has 0 radical (unpaired) electrons. The summed E-state index contributed by atoms with van der Waals surface area (Å²) in [6.07, 6.45) is 0. The Balaban J connectivity index is 2.03. The predicted molar refractivity (Wildman–Crippen MR) is 121 cm³/mol. The average Bonchev–Trinajstić information content (AvgIpc) is 2.74. The number of aryl methyl sites for hydroxylation is 1. The summed E-state index contributed by atoms with van der Waals surface area (Å²) < 4.78 is 32.6. The first-order valence-electron chi connectivity index (χ1n) is 9.33. The van der Waals surface area contributed by atoms with Gasteiger partial charge in [0.1, 0.15) is 5.75 Å². The van der Waals surface area contributed by atoms with Crippen molar-refractivity contribution in [3.63, 3.8) is 0 Å². The van der Waals surface area contributed by atoms with Gasteiger partial charge < -0.3 is 10.1 Å². The van der Waals surface area contributed by atoms with Crippen molar-refractivity contribution in [2.75, 3.05) is 26.5 Å².